The molecule has 17 heavy (non-hydrogen) atoms. The number of hydrogen-bond donors (Lipinski definition) is 1. The van der Waals surface area contributed by atoms with E-state index < -0.39 is 0 Å². The van der Waals surface area contributed by atoms with Crippen LogP contribution in [0.4, 0.5) is 11.4 Å². The Bertz CT molecular complexity index is 582. The van der Waals surface area contributed by atoms with E-state index in [1.54, 1.807) is 12.3 Å². The van der Waals surface area contributed by atoms with E-state index in [0.717, 1.165) is 11.4 Å². The number of aryl methyl sites for hydroxylation is 2. The number of anilines is 2. The van der Waals surface area contributed by atoms with Crippen molar-refractivity contribution in [3.63, 3.8) is 0 Å². The van der Waals surface area contributed by atoms with Crippen LogP contribution in [-0.4, -0.2) is 4.98 Å². The van der Waals surface area contributed by atoms with E-state index in [2.05, 4.69) is 36.3 Å². The van der Waals surface area contributed by atoms with Crippen molar-refractivity contribution in [3.05, 3.63) is 53.3 Å². The van der Waals surface area contributed by atoms with Gasteiger partial charge in [-0.2, -0.15) is 5.26 Å². The van der Waals surface area contributed by atoms with Gasteiger partial charge in [-0.15, -0.1) is 0 Å². The lowest BCUT2D eigenvalue weighted by atomic mass is 10.1. The Hall–Kier alpha value is -2.34. The molecule has 0 saturated heterocycles. The zero-order chi connectivity index (χ0) is 12.3. The van der Waals surface area contributed by atoms with Gasteiger partial charge >= 0.3 is 0 Å². The molecule has 0 unspecified atom stereocenters. The van der Waals surface area contributed by atoms with Gasteiger partial charge in [-0.1, -0.05) is 6.07 Å². The van der Waals surface area contributed by atoms with Crippen LogP contribution in [0, 0.1) is 25.2 Å². The molecule has 0 aliphatic carbocycles. The smallest absolute Gasteiger partial charge is 0.142 e. The molecular formula is C14H13N3. The van der Waals surface area contributed by atoms with E-state index in [9.17, 15) is 0 Å². The highest BCUT2D eigenvalue weighted by atomic mass is 14.9. The minimum Gasteiger partial charge on any atom is -0.355 e. The van der Waals surface area contributed by atoms with Gasteiger partial charge in [-0.05, 0) is 49.2 Å². The van der Waals surface area contributed by atoms with Crippen LogP contribution in [0.3, 0.4) is 0 Å². The van der Waals surface area contributed by atoms with Crippen LogP contribution >= 0.6 is 0 Å². The molecule has 0 atom stereocenters. The fraction of sp³-hybridized carbons (Fsp3) is 0.143. The summed E-state index contributed by atoms with van der Waals surface area (Å²) in [5.41, 5.74) is 4.81. The SMILES string of the molecule is Cc1ccc(Nc2ccnc(C#N)c2)cc1C. The number of nitriles is 1. The lowest BCUT2D eigenvalue weighted by molar-refractivity contribution is 1.26. The van der Waals surface area contributed by atoms with Crippen LogP contribution in [0.25, 0.3) is 0 Å². The Morgan fingerprint density at radius 1 is 1.06 bits per heavy atom. The zero-order valence-corrected chi connectivity index (χ0v) is 9.86. The molecule has 2 rings (SSSR count). The van der Waals surface area contributed by atoms with Crippen LogP contribution in [0.15, 0.2) is 36.5 Å². The maximum atomic E-state index is 8.77. The lowest BCUT2D eigenvalue weighted by Gasteiger charge is -2.08. The maximum absolute atomic E-state index is 8.77. The first-order chi connectivity index (χ1) is 8.19. The molecule has 84 valence electrons. The Morgan fingerprint density at radius 2 is 1.82 bits per heavy atom. The molecule has 0 saturated carbocycles. The average molecular weight is 223 g/mol. The first-order valence-corrected chi connectivity index (χ1v) is 5.39. The summed E-state index contributed by atoms with van der Waals surface area (Å²) in [5.74, 6) is 0. The van der Waals surface area contributed by atoms with E-state index >= 15 is 0 Å². The molecule has 1 aromatic carbocycles. The number of rotatable bonds is 2. The van der Waals surface area contributed by atoms with Crippen LogP contribution in [0.1, 0.15) is 16.8 Å². The highest BCUT2D eigenvalue weighted by Gasteiger charge is 1.99. The van der Waals surface area contributed by atoms with E-state index in [-0.39, 0.29) is 0 Å². The fourth-order valence-corrected chi connectivity index (χ4v) is 1.56. The normalized spacial score (nSPS) is 9.71. The van der Waals surface area contributed by atoms with Gasteiger partial charge in [0.05, 0.1) is 0 Å². The summed E-state index contributed by atoms with van der Waals surface area (Å²) >= 11 is 0. The third-order valence-electron chi connectivity index (χ3n) is 2.67. The number of pyridine rings is 1. The highest BCUT2D eigenvalue weighted by molar-refractivity contribution is 5.61. The van der Waals surface area contributed by atoms with Crippen LogP contribution in [0.5, 0.6) is 0 Å². The molecule has 1 heterocycles. The summed E-state index contributed by atoms with van der Waals surface area (Å²) in [6.07, 6.45) is 1.63. The monoisotopic (exact) mass is 223 g/mol. The van der Waals surface area contributed by atoms with Gasteiger partial charge < -0.3 is 5.32 Å². The van der Waals surface area contributed by atoms with E-state index in [1.165, 1.54) is 11.1 Å². The van der Waals surface area contributed by atoms with E-state index in [1.807, 2.05) is 18.2 Å². The van der Waals surface area contributed by atoms with Crippen LogP contribution in [0.2, 0.25) is 0 Å². The summed E-state index contributed by atoms with van der Waals surface area (Å²) in [6, 6.07) is 11.8. The number of hydrogen-bond acceptors (Lipinski definition) is 3. The molecule has 3 heteroatoms. The van der Waals surface area contributed by atoms with Gasteiger partial charge in [-0.3, -0.25) is 0 Å². The first kappa shape index (κ1) is 11.2. The molecule has 0 aliphatic rings. The molecule has 3 nitrogen and oxygen atoms in total. The Labute approximate surface area is 101 Å². The predicted molar refractivity (Wildman–Crippen MR) is 68.2 cm³/mol. The third-order valence-corrected chi connectivity index (χ3v) is 2.67. The Balaban J connectivity index is 2.25. The summed E-state index contributed by atoms with van der Waals surface area (Å²) in [7, 11) is 0. The Morgan fingerprint density at radius 3 is 2.53 bits per heavy atom. The average Bonchev–Trinajstić information content (AvgIpc) is 2.34. The predicted octanol–water partition coefficient (Wildman–Crippen LogP) is 3.31. The van der Waals surface area contributed by atoms with Crippen LogP contribution < -0.4 is 5.32 Å². The maximum Gasteiger partial charge on any atom is 0.142 e. The van der Waals surface area contributed by atoms with Crippen molar-refractivity contribution in [1.82, 2.24) is 4.98 Å². The van der Waals surface area contributed by atoms with Crippen molar-refractivity contribution in [2.75, 3.05) is 5.32 Å². The highest BCUT2D eigenvalue weighted by Crippen LogP contribution is 2.19. The van der Waals surface area contributed by atoms with Gasteiger partial charge in [0.1, 0.15) is 11.8 Å². The topological polar surface area (TPSA) is 48.7 Å². The number of aromatic nitrogens is 1. The van der Waals surface area contributed by atoms with Crippen molar-refractivity contribution in [3.8, 4) is 6.07 Å². The van der Waals surface area contributed by atoms with Gasteiger partial charge in [0.25, 0.3) is 0 Å². The Kier molecular flexibility index (Phi) is 3.06. The van der Waals surface area contributed by atoms with E-state index in [0.29, 0.717) is 5.69 Å². The molecule has 0 fully saturated rings. The van der Waals surface area contributed by atoms with Crippen molar-refractivity contribution in [2.24, 2.45) is 0 Å². The third kappa shape index (κ3) is 2.61. The molecule has 2 aromatic rings. The van der Waals surface area contributed by atoms with Gasteiger partial charge in [0, 0.05) is 17.6 Å². The molecular weight excluding hydrogens is 210 g/mol. The first-order valence-electron chi connectivity index (χ1n) is 5.39. The molecule has 1 N–H and O–H groups in total. The van der Waals surface area contributed by atoms with Crippen molar-refractivity contribution < 1.29 is 0 Å². The second-order valence-electron chi connectivity index (χ2n) is 3.97. The van der Waals surface area contributed by atoms with Crippen molar-refractivity contribution in [2.45, 2.75) is 13.8 Å². The minimum absolute atomic E-state index is 0.416. The lowest BCUT2D eigenvalue weighted by Crippen LogP contribution is -1.93. The molecule has 0 radical (unpaired) electrons. The van der Waals surface area contributed by atoms with Crippen molar-refractivity contribution >= 4 is 11.4 Å². The summed E-state index contributed by atoms with van der Waals surface area (Å²) in [5, 5.41) is 12.0. The zero-order valence-electron chi connectivity index (χ0n) is 9.86. The second kappa shape index (κ2) is 4.67. The van der Waals surface area contributed by atoms with Crippen molar-refractivity contribution in [1.29, 1.82) is 5.26 Å². The minimum atomic E-state index is 0.416. The van der Waals surface area contributed by atoms with Gasteiger partial charge in [0.15, 0.2) is 0 Å². The number of nitrogens with one attached hydrogen (secondary N) is 1. The molecule has 0 spiro atoms. The molecule has 1 aromatic heterocycles. The summed E-state index contributed by atoms with van der Waals surface area (Å²) < 4.78 is 0. The molecule has 0 bridgehead atoms. The number of benzene rings is 1. The summed E-state index contributed by atoms with van der Waals surface area (Å²) in [6.45, 7) is 4.16. The number of nitrogens with zero attached hydrogens (tertiary/aromatic N) is 2. The molecule has 0 aliphatic heterocycles. The fourth-order valence-electron chi connectivity index (χ4n) is 1.56. The van der Waals surface area contributed by atoms with Gasteiger partial charge in [0.2, 0.25) is 0 Å². The van der Waals surface area contributed by atoms with Crippen LogP contribution in [-0.2, 0) is 0 Å². The van der Waals surface area contributed by atoms with Gasteiger partial charge in [-0.25, -0.2) is 4.98 Å². The van der Waals surface area contributed by atoms with E-state index in [4.69, 9.17) is 5.26 Å². The molecule has 0 amide bonds. The standard InChI is InChI=1S/C14H13N3/c1-10-3-4-12(7-11(10)2)17-13-5-6-16-14(8-13)9-15/h3-8H,1-2H3,(H,16,17). The summed E-state index contributed by atoms with van der Waals surface area (Å²) in [4.78, 5) is 3.93. The quantitative estimate of drug-likeness (QED) is 0.849. The largest absolute Gasteiger partial charge is 0.355 e. The second-order valence-corrected chi connectivity index (χ2v) is 3.97.